The minimum absolute atomic E-state index is 0.0556. The van der Waals surface area contributed by atoms with Crippen molar-refractivity contribution in [2.45, 2.75) is 64.1 Å². The lowest BCUT2D eigenvalue weighted by Gasteiger charge is -2.32. The van der Waals surface area contributed by atoms with Crippen LogP contribution in [0.1, 0.15) is 56.3 Å². The molecule has 1 aromatic rings. The van der Waals surface area contributed by atoms with Crippen molar-refractivity contribution in [2.24, 2.45) is 0 Å². The molecule has 1 aromatic carbocycles. The van der Waals surface area contributed by atoms with E-state index in [0.717, 1.165) is 31.7 Å². The number of nitro benzene ring substituents is 1. The number of non-ortho nitro benzene ring substituents is 1. The highest BCUT2D eigenvalue weighted by atomic mass is 16.6. The Hall–Kier alpha value is -2.97. The quantitative estimate of drug-likeness (QED) is 0.423. The molecule has 158 valence electrons. The summed E-state index contributed by atoms with van der Waals surface area (Å²) in [7, 11) is 1.72. The molecule has 0 unspecified atom stereocenters. The first-order chi connectivity index (χ1) is 13.7. The molecule has 2 amide bonds. The van der Waals surface area contributed by atoms with Crippen LogP contribution in [0.3, 0.4) is 0 Å². The average Bonchev–Trinajstić information content (AvgIpc) is 2.73. The predicted octanol–water partition coefficient (Wildman–Crippen LogP) is 2.44. The van der Waals surface area contributed by atoms with E-state index in [-0.39, 0.29) is 23.2 Å². The molecule has 1 aliphatic rings. The zero-order valence-corrected chi connectivity index (χ0v) is 16.9. The molecule has 1 aliphatic carbocycles. The van der Waals surface area contributed by atoms with Gasteiger partial charge in [-0.3, -0.25) is 19.7 Å². The molecule has 0 spiro atoms. The number of hydrogen-bond donors (Lipinski definition) is 1. The lowest BCUT2D eigenvalue weighted by Crippen LogP contribution is -2.46. The van der Waals surface area contributed by atoms with Crippen molar-refractivity contribution in [2.75, 3.05) is 7.05 Å². The zero-order chi connectivity index (χ0) is 21.6. The number of likely N-dealkylation sites (N-methyl/N-ethyl adjacent to an activating group) is 1. The van der Waals surface area contributed by atoms with Crippen LogP contribution < -0.4 is 5.32 Å². The Kier molecular flexibility index (Phi) is 7.69. The number of hydrogen-bond acceptors (Lipinski definition) is 6. The van der Waals surface area contributed by atoms with Crippen LogP contribution in [0.5, 0.6) is 0 Å². The lowest BCUT2D eigenvalue weighted by molar-refractivity contribution is -0.384. The maximum absolute atomic E-state index is 12.5. The topological polar surface area (TPSA) is 119 Å². The van der Waals surface area contributed by atoms with E-state index in [4.69, 9.17) is 4.74 Å². The minimum Gasteiger partial charge on any atom is -0.451 e. The molecule has 9 nitrogen and oxygen atoms in total. The SMILES string of the molecule is C[C@H](NC(=O)c1cccc([N+](=O)[O-])c1)C(=O)O[C@@H](C)C(=O)N(C)C1CCCCC1. The number of amides is 2. The van der Waals surface area contributed by atoms with Crippen molar-refractivity contribution in [3.05, 3.63) is 39.9 Å². The Morgan fingerprint density at radius 3 is 2.48 bits per heavy atom. The van der Waals surface area contributed by atoms with Crippen molar-refractivity contribution in [3.63, 3.8) is 0 Å². The molecule has 1 saturated carbocycles. The van der Waals surface area contributed by atoms with Gasteiger partial charge < -0.3 is 15.0 Å². The summed E-state index contributed by atoms with van der Waals surface area (Å²) in [4.78, 5) is 48.9. The molecule has 2 atom stereocenters. The molecular formula is C20H27N3O6. The summed E-state index contributed by atoms with van der Waals surface area (Å²) < 4.78 is 5.23. The Bertz CT molecular complexity index is 775. The van der Waals surface area contributed by atoms with E-state index >= 15 is 0 Å². The molecule has 0 aliphatic heterocycles. The van der Waals surface area contributed by atoms with Gasteiger partial charge in [0.2, 0.25) is 0 Å². The lowest BCUT2D eigenvalue weighted by atomic mass is 9.94. The third-order valence-electron chi connectivity index (χ3n) is 5.13. The molecular weight excluding hydrogens is 378 g/mol. The highest BCUT2D eigenvalue weighted by Crippen LogP contribution is 2.22. The van der Waals surface area contributed by atoms with E-state index in [1.807, 2.05) is 0 Å². The smallest absolute Gasteiger partial charge is 0.329 e. The van der Waals surface area contributed by atoms with Crippen LogP contribution in [0.2, 0.25) is 0 Å². The average molecular weight is 405 g/mol. The van der Waals surface area contributed by atoms with Gasteiger partial charge in [-0.15, -0.1) is 0 Å². The van der Waals surface area contributed by atoms with E-state index in [9.17, 15) is 24.5 Å². The van der Waals surface area contributed by atoms with Crippen LogP contribution in [0.15, 0.2) is 24.3 Å². The van der Waals surface area contributed by atoms with Crippen LogP contribution in [0.4, 0.5) is 5.69 Å². The molecule has 0 aromatic heterocycles. The van der Waals surface area contributed by atoms with Crippen molar-refractivity contribution in [1.29, 1.82) is 0 Å². The second kappa shape index (κ2) is 9.99. The third kappa shape index (κ3) is 6.00. The number of carbonyl (C=O) groups excluding carboxylic acids is 3. The molecule has 1 fully saturated rings. The fourth-order valence-corrected chi connectivity index (χ4v) is 3.36. The van der Waals surface area contributed by atoms with Gasteiger partial charge in [-0.25, -0.2) is 4.79 Å². The van der Waals surface area contributed by atoms with E-state index < -0.39 is 28.9 Å². The van der Waals surface area contributed by atoms with Gasteiger partial charge in [0.25, 0.3) is 17.5 Å². The monoisotopic (exact) mass is 405 g/mol. The van der Waals surface area contributed by atoms with E-state index in [1.54, 1.807) is 11.9 Å². The number of carbonyl (C=O) groups is 3. The molecule has 0 heterocycles. The van der Waals surface area contributed by atoms with Crippen LogP contribution in [0, 0.1) is 10.1 Å². The maximum atomic E-state index is 12.5. The van der Waals surface area contributed by atoms with Crippen LogP contribution in [-0.2, 0) is 14.3 Å². The number of nitrogens with one attached hydrogen (secondary N) is 1. The maximum Gasteiger partial charge on any atom is 0.329 e. The Labute approximate surface area is 169 Å². The summed E-state index contributed by atoms with van der Waals surface area (Å²) in [5.74, 6) is -1.67. The van der Waals surface area contributed by atoms with E-state index in [1.165, 1.54) is 38.5 Å². The number of ether oxygens (including phenoxy) is 1. The van der Waals surface area contributed by atoms with Crippen molar-refractivity contribution >= 4 is 23.5 Å². The van der Waals surface area contributed by atoms with Gasteiger partial charge in [0.05, 0.1) is 4.92 Å². The summed E-state index contributed by atoms with van der Waals surface area (Å²) in [6, 6.07) is 4.33. The molecule has 1 N–H and O–H groups in total. The molecule has 0 bridgehead atoms. The highest BCUT2D eigenvalue weighted by molar-refractivity contribution is 5.97. The first kappa shape index (κ1) is 22.3. The van der Waals surface area contributed by atoms with Crippen molar-refractivity contribution in [3.8, 4) is 0 Å². The normalized spacial score (nSPS) is 16.4. The standard InChI is InChI=1S/C20H27N3O6/c1-13(21-18(24)15-8-7-11-17(12-15)23(27)28)20(26)29-14(2)19(25)22(3)16-9-5-4-6-10-16/h7-8,11-14,16H,4-6,9-10H2,1-3H3,(H,21,24)/t13-,14-/m0/s1. The number of rotatable bonds is 7. The zero-order valence-electron chi connectivity index (χ0n) is 16.9. The van der Waals surface area contributed by atoms with E-state index in [2.05, 4.69) is 5.32 Å². The molecule has 0 saturated heterocycles. The van der Waals surface area contributed by atoms with Gasteiger partial charge in [0.15, 0.2) is 6.10 Å². The molecule has 9 heteroatoms. The Morgan fingerprint density at radius 2 is 1.86 bits per heavy atom. The summed E-state index contributed by atoms with van der Waals surface area (Å²) in [5, 5.41) is 13.3. The van der Waals surface area contributed by atoms with Gasteiger partial charge in [0, 0.05) is 30.8 Å². The number of esters is 1. The molecule has 2 rings (SSSR count). The fraction of sp³-hybridized carbons (Fsp3) is 0.550. The summed E-state index contributed by atoms with van der Waals surface area (Å²) in [6.07, 6.45) is 4.25. The third-order valence-corrected chi connectivity index (χ3v) is 5.13. The van der Waals surface area contributed by atoms with Crippen molar-refractivity contribution in [1.82, 2.24) is 10.2 Å². The van der Waals surface area contributed by atoms with Crippen molar-refractivity contribution < 1.29 is 24.0 Å². The molecule has 29 heavy (non-hydrogen) atoms. The first-order valence-corrected chi connectivity index (χ1v) is 9.73. The van der Waals surface area contributed by atoms with Gasteiger partial charge in [-0.2, -0.15) is 0 Å². The molecule has 0 radical (unpaired) electrons. The fourth-order valence-electron chi connectivity index (χ4n) is 3.36. The predicted molar refractivity (Wildman–Crippen MR) is 105 cm³/mol. The Morgan fingerprint density at radius 1 is 1.21 bits per heavy atom. The van der Waals surface area contributed by atoms with Crippen LogP contribution >= 0.6 is 0 Å². The van der Waals surface area contributed by atoms with Gasteiger partial charge in [0.1, 0.15) is 6.04 Å². The van der Waals surface area contributed by atoms with Gasteiger partial charge >= 0.3 is 5.97 Å². The van der Waals surface area contributed by atoms with Crippen LogP contribution in [-0.4, -0.2) is 52.8 Å². The number of nitro groups is 1. The van der Waals surface area contributed by atoms with Crippen LogP contribution in [0.25, 0.3) is 0 Å². The Balaban J connectivity index is 1.90. The highest BCUT2D eigenvalue weighted by Gasteiger charge is 2.29. The summed E-state index contributed by atoms with van der Waals surface area (Å²) in [6.45, 7) is 2.94. The minimum atomic E-state index is -1.02. The summed E-state index contributed by atoms with van der Waals surface area (Å²) in [5.41, 5.74) is -0.169. The second-order valence-corrected chi connectivity index (χ2v) is 7.32. The number of nitrogens with zero attached hydrogens (tertiary/aromatic N) is 2. The second-order valence-electron chi connectivity index (χ2n) is 7.32. The number of benzene rings is 1. The van der Waals surface area contributed by atoms with Gasteiger partial charge in [-0.05, 0) is 32.8 Å². The van der Waals surface area contributed by atoms with Gasteiger partial charge in [-0.1, -0.05) is 25.3 Å². The summed E-state index contributed by atoms with van der Waals surface area (Å²) >= 11 is 0. The van der Waals surface area contributed by atoms with E-state index in [0.29, 0.717) is 0 Å². The first-order valence-electron chi connectivity index (χ1n) is 9.73. The largest absolute Gasteiger partial charge is 0.451 e.